The molecular formula is C67H94ClF4N11O11. The Morgan fingerprint density at radius 2 is 1.07 bits per heavy atom. The van der Waals surface area contributed by atoms with Crippen molar-refractivity contribution in [2.75, 3.05) is 69.0 Å². The van der Waals surface area contributed by atoms with Gasteiger partial charge in [0.2, 0.25) is 65.0 Å². The van der Waals surface area contributed by atoms with Crippen molar-refractivity contribution in [3.63, 3.8) is 0 Å². The molecule has 0 radical (unpaired) electrons. The van der Waals surface area contributed by atoms with E-state index < -0.39 is 156 Å². The first-order valence-electron chi connectivity index (χ1n) is 31.5. The third-order valence-electron chi connectivity index (χ3n) is 17.0. The smallest absolute Gasteiger partial charge is 0.351 e. The number of likely N-dealkylation sites (N-methyl/N-ethyl adjacent to an activating group) is 7. The van der Waals surface area contributed by atoms with Crippen LogP contribution >= 0.6 is 11.6 Å². The number of amides is 11. The number of rotatable bonds is 13. The van der Waals surface area contributed by atoms with Crippen molar-refractivity contribution in [3.05, 3.63) is 106 Å². The molecule has 1 fully saturated rings. The van der Waals surface area contributed by atoms with Crippen LogP contribution in [0.2, 0.25) is 5.02 Å². The fourth-order valence-corrected chi connectivity index (χ4v) is 10.9. The minimum Gasteiger partial charge on any atom is -0.351 e. The molecule has 1 saturated heterocycles. The summed E-state index contributed by atoms with van der Waals surface area (Å²) < 4.78 is 56.0. The molecule has 1 heterocycles. The number of carbonyl (C=O) groups excluding carboxylic acids is 11. The summed E-state index contributed by atoms with van der Waals surface area (Å²) in [6.07, 6.45) is -5.72. The lowest BCUT2D eigenvalue weighted by Gasteiger charge is -2.37. The lowest BCUT2D eigenvalue weighted by atomic mass is 9.97. The van der Waals surface area contributed by atoms with Crippen LogP contribution in [0.5, 0.6) is 0 Å². The second-order valence-corrected chi connectivity index (χ2v) is 26.0. The molecule has 0 aromatic heterocycles. The molecule has 11 amide bonds. The van der Waals surface area contributed by atoms with E-state index in [1.165, 1.54) is 71.0 Å². The summed E-state index contributed by atoms with van der Waals surface area (Å²) in [6.45, 7) is 11.9. The molecule has 0 bridgehead atoms. The number of hydrogen-bond donors (Lipinski definition) is 4. The van der Waals surface area contributed by atoms with Crippen LogP contribution in [-0.2, 0) is 78.2 Å². The number of alkyl halides is 3. The molecule has 0 unspecified atom stereocenters. The van der Waals surface area contributed by atoms with Gasteiger partial charge in [-0.1, -0.05) is 108 Å². The summed E-state index contributed by atoms with van der Waals surface area (Å²) in [4.78, 5) is 167. The van der Waals surface area contributed by atoms with Gasteiger partial charge in [0, 0.05) is 79.7 Å². The zero-order chi connectivity index (χ0) is 70.8. The van der Waals surface area contributed by atoms with Crippen LogP contribution in [0.1, 0.15) is 110 Å². The van der Waals surface area contributed by atoms with Crippen LogP contribution in [0, 0.1) is 23.6 Å². The maximum Gasteiger partial charge on any atom is 0.419 e. The van der Waals surface area contributed by atoms with Crippen LogP contribution < -0.4 is 21.3 Å². The normalized spacial score (nSPS) is 23.4. The Hall–Kier alpha value is -8.16. The molecule has 3 aromatic rings. The van der Waals surface area contributed by atoms with Gasteiger partial charge in [0.05, 0.1) is 25.2 Å². The van der Waals surface area contributed by atoms with E-state index in [0.717, 1.165) is 25.7 Å². The number of hydrogen-bond acceptors (Lipinski definition) is 11. The zero-order valence-electron chi connectivity index (χ0n) is 56.6. The van der Waals surface area contributed by atoms with E-state index in [1.807, 2.05) is 13.8 Å². The van der Waals surface area contributed by atoms with E-state index in [9.17, 15) is 60.7 Å². The Balaban J connectivity index is 1.87. The first kappa shape index (κ1) is 78.3. The summed E-state index contributed by atoms with van der Waals surface area (Å²) >= 11 is 6.19. The highest BCUT2D eigenvalue weighted by Gasteiger charge is 2.41. The maximum absolute atomic E-state index is 15.2. The van der Waals surface area contributed by atoms with Crippen molar-refractivity contribution in [2.45, 2.75) is 161 Å². The van der Waals surface area contributed by atoms with Gasteiger partial charge < -0.3 is 55.6 Å². The number of nitrogens with one attached hydrogen (secondary N) is 4. The van der Waals surface area contributed by atoms with Gasteiger partial charge in [-0.05, 0) is 98.2 Å². The highest BCUT2D eigenvalue weighted by molar-refractivity contribution is 6.30. The minimum absolute atomic E-state index is 0.0104. The molecule has 1 aliphatic rings. The van der Waals surface area contributed by atoms with Crippen LogP contribution in [0.3, 0.4) is 0 Å². The molecule has 94 heavy (non-hydrogen) atoms. The Morgan fingerprint density at radius 3 is 1.64 bits per heavy atom. The Bertz CT molecular complexity index is 3160. The number of aryl methyl sites for hydroxylation is 1. The van der Waals surface area contributed by atoms with Crippen molar-refractivity contribution < 1.29 is 70.3 Å². The number of carbonyl (C=O) groups is 11. The molecule has 4 rings (SSSR count). The molecule has 9 atom stereocenters. The molecule has 518 valence electrons. The second-order valence-electron chi connectivity index (χ2n) is 25.6. The predicted octanol–water partition coefficient (Wildman–Crippen LogP) is 5.12. The highest BCUT2D eigenvalue weighted by Crippen LogP contribution is 2.32. The molecule has 1 aliphatic heterocycles. The van der Waals surface area contributed by atoms with E-state index in [0.29, 0.717) is 34.7 Å². The molecule has 0 saturated carbocycles. The van der Waals surface area contributed by atoms with Gasteiger partial charge in [0.15, 0.2) is 0 Å². The largest absolute Gasteiger partial charge is 0.419 e. The molecule has 0 spiro atoms. The van der Waals surface area contributed by atoms with Crippen molar-refractivity contribution in [1.29, 1.82) is 0 Å². The van der Waals surface area contributed by atoms with Gasteiger partial charge >= 0.3 is 6.18 Å². The summed E-state index contributed by atoms with van der Waals surface area (Å²) in [5.74, 6) is -10.7. The van der Waals surface area contributed by atoms with E-state index in [4.69, 9.17) is 11.6 Å². The molecule has 3 aromatic carbocycles. The second kappa shape index (κ2) is 35.4. The maximum atomic E-state index is 15.2. The van der Waals surface area contributed by atoms with Crippen molar-refractivity contribution in [2.24, 2.45) is 17.8 Å². The quantitative estimate of drug-likeness (QED) is 0.163. The van der Waals surface area contributed by atoms with Gasteiger partial charge in [-0.15, -0.1) is 0 Å². The van der Waals surface area contributed by atoms with Crippen LogP contribution in [0.4, 0.5) is 17.6 Å². The average Bonchev–Trinajstić information content (AvgIpc) is 0.843. The van der Waals surface area contributed by atoms with Gasteiger partial charge in [-0.25, -0.2) is 4.39 Å². The number of halogens is 5. The van der Waals surface area contributed by atoms with Gasteiger partial charge in [0.1, 0.15) is 48.1 Å². The van der Waals surface area contributed by atoms with Crippen molar-refractivity contribution in [3.8, 4) is 0 Å². The minimum atomic E-state index is -5.02. The molecular weight excluding hydrogens is 1250 g/mol. The van der Waals surface area contributed by atoms with Crippen molar-refractivity contribution >= 4 is 76.6 Å². The fraction of sp³-hybridized carbons (Fsp3) is 0.567. The van der Waals surface area contributed by atoms with Crippen LogP contribution in [0.25, 0.3) is 0 Å². The monoisotopic (exact) mass is 1340 g/mol. The summed E-state index contributed by atoms with van der Waals surface area (Å²) in [6, 6.07) is 7.25. The van der Waals surface area contributed by atoms with Crippen molar-refractivity contribution in [1.82, 2.24) is 55.6 Å². The van der Waals surface area contributed by atoms with E-state index in [2.05, 4.69) is 21.3 Å². The Kier molecular flexibility index (Phi) is 29.5. The highest BCUT2D eigenvalue weighted by atomic mass is 35.5. The molecule has 4 N–H and O–H groups in total. The summed E-state index contributed by atoms with van der Waals surface area (Å²) in [5, 5.41) is 11.3. The molecule has 0 aliphatic carbocycles. The van der Waals surface area contributed by atoms with E-state index >= 15 is 9.59 Å². The average molecular weight is 1340 g/mol. The number of nitrogens with zero attached hydrogens (tertiary/aromatic N) is 7. The van der Waals surface area contributed by atoms with Gasteiger partial charge in [-0.3, -0.25) is 52.7 Å². The third-order valence-corrected chi connectivity index (χ3v) is 17.3. The lowest BCUT2D eigenvalue weighted by Crippen LogP contribution is -2.60. The zero-order valence-corrected chi connectivity index (χ0v) is 57.3. The van der Waals surface area contributed by atoms with Crippen LogP contribution in [-0.4, -0.2) is 217 Å². The lowest BCUT2D eigenvalue weighted by molar-refractivity contribution is -0.149. The van der Waals surface area contributed by atoms with E-state index in [-0.39, 0.29) is 62.3 Å². The first-order valence-corrected chi connectivity index (χ1v) is 31.9. The first-order chi connectivity index (χ1) is 43.9. The Morgan fingerprint density at radius 1 is 0.532 bits per heavy atom. The summed E-state index contributed by atoms with van der Waals surface area (Å²) in [7, 11) is 9.42. The summed E-state index contributed by atoms with van der Waals surface area (Å²) in [5.41, 5.74) is -0.368. The molecule has 27 heteroatoms. The van der Waals surface area contributed by atoms with E-state index in [1.54, 1.807) is 89.2 Å². The third kappa shape index (κ3) is 22.5. The predicted molar refractivity (Wildman–Crippen MR) is 346 cm³/mol. The SMILES string of the molecule is CC[C@H](C)[C@@H]1NC(=O)[C@H](C)N(C)C(=O)C[C@@H](C)NC(=O)[C@H](CC(C)C)N(C)C(=O)[C@H](Cc2ccccc2)N(C)C(=O)[C@H](CC(C)C)NC(=O)[C@H](CCc2ccc(C(F)(F)F)c(F)c2)NC(=O)CN(C)C(=O)[C@H](Cc2ccc(Cl)cc2)N(C)C(=O)CN(C)C(=O)CN(C)C1=O. The van der Waals surface area contributed by atoms with Gasteiger partial charge in [-0.2, -0.15) is 13.2 Å². The Labute approximate surface area is 554 Å². The van der Waals surface area contributed by atoms with Gasteiger partial charge in [0.25, 0.3) is 0 Å². The number of benzene rings is 3. The van der Waals surface area contributed by atoms with Crippen LogP contribution in [0.15, 0.2) is 72.8 Å². The topological polar surface area (TPSA) is 259 Å². The fourth-order valence-electron chi connectivity index (χ4n) is 10.8. The standard InChI is InChI=1S/C67H94ClF4N11O11/c1-16-41(6)59-66(94)79(11)37-57(86)77(9)38-58(87)81(13)53(35-46-22-26-47(68)27-23-46)64(92)78(10)36-55(84)74-50(29-25-45-24-28-48(49(69)33-45)67(70,71)72)61(89)75-51(30-39(2)3)63(91)83(15)54(34-44-20-18-17-19-21-44)65(93)82(14)52(31-40(4)5)62(90)73-42(7)32-56(85)80(12)43(8)60(88)76-59/h17-24,26-28,33,39-43,50-54,59H,16,25,29-32,34-38H2,1-15H3,(H,73,90)(H,74,84)(H,75,89)(H,76,88)/t41-,42+,43-,50-,51-,52-,53-,54-,59-/m0/s1. The molecule has 22 nitrogen and oxygen atoms in total.